The van der Waals surface area contributed by atoms with E-state index in [1.165, 1.54) is 0 Å². The number of benzene rings is 1. The lowest BCUT2D eigenvalue weighted by atomic mass is 9.95. The monoisotopic (exact) mass is 567 g/mol. The summed E-state index contributed by atoms with van der Waals surface area (Å²) in [5.41, 5.74) is -3.92. The number of aromatic amines is 1. The van der Waals surface area contributed by atoms with Crippen LogP contribution in [0.15, 0.2) is 52.2 Å². The number of para-hydroxylation sites is 1. The molecule has 1 fully saturated rings. The molecule has 4 N–H and O–H groups in total. The molecular weight excluding hydrogens is 537 g/mol. The van der Waals surface area contributed by atoms with Crippen LogP contribution in [0, 0.1) is 12.3 Å². The number of nitrogens with one attached hydrogen (secondary N) is 2. The van der Waals surface area contributed by atoms with E-state index in [1.807, 2.05) is 4.98 Å². The first-order chi connectivity index (χ1) is 17.9. The average molecular weight is 568 g/mol. The fourth-order valence-electron chi connectivity index (χ4n) is 3.65. The van der Waals surface area contributed by atoms with Gasteiger partial charge in [-0.3, -0.25) is 19.1 Å². The van der Waals surface area contributed by atoms with Crippen LogP contribution in [0.1, 0.15) is 33.4 Å². The molecule has 1 aliphatic rings. The van der Waals surface area contributed by atoms with Crippen molar-refractivity contribution < 1.29 is 33.5 Å². The van der Waals surface area contributed by atoms with Gasteiger partial charge in [-0.15, -0.1) is 6.42 Å². The molecule has 2 heterocycles. The van der Waals surface area contributed by atoms with Gasteiger partial charge < -0.3 is 28.7 Å². The molecule has 38 heavy (non-hydrogen) atoms. The minimum atomic E-state index is -3.51. The van der Waals surface area contributed by atoms with E-state index in [0.717, 1.165) is 16.8 Å². The first-order valence-corrected chi connectivity index (χ1v) is 14.4. The van der Waals surface area contributed by atoms with Crippen LogP contribution in [-0.4, -0.2) is 62.3 Å². The van der Waals surface area contributed by atoms with Gasteiger partial charge in [0.25, 0.3) is 5.56 Å². The summed E-state index contributed by atoms with van der Waals surface area (Å²) < 4.78 is 23.8. The van der Waals surface area contributed by atoms with Crippen molar-refractivity contribution in [3.8, 4) is 18.1 Å². The van der Waals surface area contributed by atoms with E-state index in [2.05, 4.69) is 11.0 Å². The Bertz CT molecular complexity index is 1330. The number of ether oxygens (including phenoxy) is 2. The number of rotatable bonds is 11. The maximum Gasteiger partial charge on any atom is 0.330 e. The van der Waals surface area contributed by atoms with E-state index >= 15 is 0 Å². The predicted octanol–water partition coefficient (Wildman–Crippen LogP) is 0.799. The zero-order valence-corrected chi connectivity index (χ0v) is 22.7. The molecule has 0 aliphatic carbocycles. The number of carbonyl (C=O) groups is 1. The van der Waals surface area contributed by atoms with Crippen LogP contribution in [0.25, 0.3) is 0 Å². The average Bonchev–Trinajstić information content (AvgIpc) is 3.12. The van der Waals surface area contributed by atoms with Gasteiger partial charge in [-0.2, -0.15) is 0 Å². The van der Waals surface area contributed by atoms with E-state index in [0.29, 0.717) is 12.2 Å². The van der Waals surface area contributed by atoms with Crippen molar-refractivity contribution in [3.05, 3.63) is 63.4 Å². The van der Waals surface area contributed by atoms with Crippen LogP contribution in [0.3, 0.4) is 0 Å². The molecule has 0 spiro atoms. The highest BCUT2D eigenvalue weighted by Crippen LogP contribution is 2.47. The number of esters is 1. The lowest BCUT2D eigenvalue weighted by molar-refractivity contribution is -0.149. The predicted molar refractivity (Wildman–Crippen MR) is 141 cm³/mol. The number of aromatic nitrogens is 2. The second kappa shape index (κ2) is 12.4. The first kappa shape index (κ1) is 29.7. The topological polar surface area (TPSA) is 161 Å². The molecule has 0 amide bonds. The third-order valence-electron chi connectivity index (χ3n) is 5.55. The van der Waals surface area contributed by atoms with Crippen molar-refractivity contribution in [2.75, 3.05) is 6.61 Å². The van der Waals surface area contributed by atoms with Gasteiger partial charge in [-0.25, -0.2) is 9.88 Å². The fourth-order valence-corrected chi connectivity index (χ4v) is 6.06. The van der Waals surface area contributed by atoms with Gasteiger partial charge in [0, 0.05) is 12.3 Å². The molecule has 206 valence electrons. The number of aliphatic hydroxyl groups is 2. The molecule has 6 atom stereocenters. The lowest BCUT2D eigenvalue weighted by Gasteiger charge is -2.29. The zero-order valence-electron chi connectivity index (χ0n) is 21.0. The number of aliphatic hydroxyl groups excluding tert-OH is 1. The molecule has 1 aromatic carbocycles. The Labute approximate surface area is 224 Å². The third-order valence-corrected chi connectivity index (χ3v) is 7.98. The summed E-state index contributed by atoms with van der Waals surface area (Å²) in [6.07, 6.45) is 1.99. The molecule has 1 aliphatic heterocycles. The number of terminal acetylenes is 1. The number of carbonyl (C=O) groups excluding carboxylic acids is 1. The highest BCUT2D eigenvalue weighted by atomic mass is 32.5. The van der Waals surface area contributed by atoms with E-state index in [9.17, 15) is 24.6 Å². The summed E-state index contributed by atoms with van der Waals surface area (Å²) in [4.78, 5) is 38.4. The van der Waals surface area contributed by atoms with Crippen molar-refractivity contribution in [1.82, 2.24) is 14.6 Å². The Balaban J connectivity index is 1.86. The Morgan fingerprint density at radius 2 is 2.03 bits per heavy atom. The summed E-state index contributed by atoms with van der Waals surface area (Å²) in [5.74, 6) is 1.88. The van der Waals surface area contributed by atoms with Crippen LogP contribution in [-0.2, 0) is 30.6 Å². The molecule has 14 heteroatoms. The maximum absolute atomic E-state index is 12.6. The largest absolute Gasteiger partial charge is 0.462 e. The zero-order chi connectivity index (χ0) is 28.1. The van der Waals surface area contributed by atoms with Crippen molar-refractivity contribution >= 4 is 24.4 Å². The van der Waals surface area contributed by atoms with Gasteiger partial charge >= 0.3 is 18.3 Å². The number of nitrogens with zero attached hydrogens (tertiary/aromatic N) is 1. The fraction of sp³-hybridized carbons (Fsp3) is 0.458. The van der Waals surface area contributed by atoms with Crippen molar-refractivity contribution in [2.45, 2.75) is 63.4 Å². The minimum Gasteiger partial charge on any atom is -0.462 e. The van der Waals surface area contributed by atoms with Gasteiger partial charge in [0.1, 0.15) is 24.0 Å². The Morgan fingerprint density at radius 3 is 2.61 bits per heavy atom. The smallest absolute Gasteiger partial charge is 0.330 e. The Hall–Kier alpha value is -2.82. The highest BCUT2D eigenvalue weighted by molar-refractivity contribution is 8.09. The molecule has 0 bridgehead atoms. The van der Waals surface area contributed by atoms with Gasteiger partial charge in [-0.05, 0) is 44.2 Å². The molecule has 3 rings (SSSR count). The van der Waals surface area contributed by atoms with Gasteiger partial charge in [0.2, 0.25) is 0 Å². The normalized spacial score (nSPS) is 25.3. The summed E-state index contributed by atoms with van der Waals surface area (Å²) >= 11 is 5.69. The Kier molecular flexibility index (Phi) is 9.67. The van der Waals surface area contributed by atoms with Crippen LogP contribution in [0.5, 0.6) is 5.75 Å². The molecule has 1 saturated heterocycles. The Morgan fingerprint density at radius 1 is 1.34 bits per heavy atom. The summed E-state index contributed by atoms with van der Waals surface area (Å²) in [7, 11) is 0. The second-order valence-corrected chi connectivity index (χ2v) is 11.9. The second-order valence-electron chi connectivity index (χ2n) is 8.73. The minimum absolute atomic E-state index is 0.308. The van der Waals surface area contributed by atoms with E-state index in [4.69, 9.17) is 36.8 Å². The molecule has 0 saturated carbocycles. The summed E-state index contributed by atoms with van der Waals surface area (Å²) in [6, 6.07) is 8.70. The van der Waals surface area contributed by atoms with Gasteiger partial charge in [0.15, 0.2) is 11.8 Å². The van der Waals surface area contributed by atoms with Crippen LogP contribution >= 0.6 is 6.64 Å². The molecule has 2 unspecified atom stereocenters. The van der Waals surface area contributed by atoms with E-state index in [-0.39, 0.29) is 6.10 Å². The van der Waals surface area contributed by atoms with Crippen LogP contribution in [0.2, 0.25) is 0 Å². The van der Waals surface area contributed by atoms with Crippen molar-refractivity contribution in [1.29, 1.82) is 0 Å². The van der Waals surface area contributed by atoms with E-state index < -0.39 is 60.5 Å². The summed E-state index contributed by atoms with van der Waals surface area (Å²) in [5, 5.41) is 24.8. The maximum atomic E-state index is 12.6. The molecule has 0 radical (unpaired) electrons. The van der Waals surface area contributed by atoms with Crippen molar-refractivity contribution in [3.63, 3.8) is 0 Å². The molecule has 12 nitrogen and oxygen atoms in total. The first-order valence-electron chi connectivity index (χ1n) is 11.7. The SMILES string of the molecule is C#CC1(O)[C@H](O)[C@@H](COP(=S)(N[C@@H](CC)C(=O)OC(C)C)Oc2ccccc2)O[C@H]1n1ccc(=O)[nH]c1=O. The van der Waals surface area contributed by atoms with Crippen molar-refractivity contribution in [2.24, 2.45) is 0 Å². The number of hydrogen-bond acceptors (Lipinski definition) is 10. The van der Waals surface area contributed by atoms with E-state index in [1.54, 1.807) is 51.1 Å². The summed E-state index contributed by atoms with van der Waals surface area (Å²) in [6.45, 7) is 1.24. The lowest BCUT2D eigenvalue weighted by Crippen LogP contribution is -2.48. The molecule has 1 aromatic heterocycles. The molecule has 2 aromatic rings. The molecular formula is C24H30N3O9PS. The van der Waals surface area contributed by atoms with Crippen LogP contribution in [0.4, 0.5) is 0 Å². The number of H-pyrrole nitrogens is 1. The van der Waals surface area contributed by atoms with Gasteiger partial charge in [0.05, 0.1) is 12.7 Å². The standard InChI is InChI=1S/C24H30N3O9PS/c1-5-17(21(30)34-15(3)4)26-37(38,36-16-10-8-7-9-11-16)33-14-18-20(29)24(32,6-2)22(35-18)27-13-12-19(28)25-23(27)31/h2,7-13,15,17-18,20,22,29,32H,5,14H2,1,3-4H3,(H,26,38)(H,25,28,31)/t17-,18+,20+,22+,24?,37?/m0/s1. The highest BCUT2D eigenvalue weighted by Gasteiger charge is 2.56. The van der Waals surface area contributed by atoms with Crippen LogP contribution < -0.4 is 20.9 Å². The number of hydrogen-bond donors (Lipinski definition) is 4. The van der Waals surface area contributed by atoms with Gasteiger partial charge in [-0.1, -0.05) is 31.0 Å². The quantitative estimate of drug-likeness (QED) is 0.173. The third kappa shape index (κ3) is 6.78.